The van der Waals surface area contributed by atoms with Gasteiger partial charge in [-0.25, -0.2) is 0 Å². The molecule has 94 valence electrons. The van der Waals surface area contributed by atoms with Crippen LogP contribution in [0.25, 0.3) is 0 Å². The molecule has 0 aromatic carbocycles. The maximum absolute atomic E-state index is 3.50. The number of nitrogens with zero attached hydrogens (tertiary/aromatic N) is 1. The van der Waals surface area contributed by atoms with Crippen molar-refractivity contribution in [2.45, 2.75) is 46.1 Å². The highest BCUT2D eigenvalue weighted by molar-refractivity contribution is 4.86. The largest absolute Gasteiger partial charge is 0.316 e. The molecule has 0 saturated carbocycles. The van der Waals surface area contributed by atoms with Crippen LogP contribution in [0.3, 0.4) is 0 Å². The first-order chi connectivity index (χ1) is 7.68. The molecular formula is C14H28N2. The fourth-order valence-electron chi connectivity index (χ4n) is 3.46. The summed E-state index contributed by atoms with van der Waals surface area (Å²) in [5.41, 5.74) is 0. The Bertz CT molecular complexity index is 207. The Morgan fingerprint density at radius 1 is 1.12 bits per heavy atom. The average Bonchev–Trinajstić information content (AvgIpc) is 2.30. The Balaban J connectivity index is 1.83. The van der Waals surface area contributed by atoms with Gasteiger partial charge >= 0.3 is 0 Å². The zero-order valence-corrected chi connectivity index (χ0v) is 11.2. The molecule has 2 saturated heterocycles. The van der Waals surface area contributed by atoms with Gasteiger partial charge in [-0.15, -0.1) is 0 Å². The Hall–Kier alpha value is -0.0800. The lowest BCUT2D eigenvalue weighted by Gasteiger charge is -2.43. The molecule has 16 heavy (non-hydrogen) atoms. The zero-order valence-electron chi connectivity index (χ0n) is 11.2. The van der Waals surface area contributed by atoms with Gasteiger partial charge in [0.15, 0.2) is 0 Å². The van der Waals surface area contributed by atoms with Crippen LogP contribution in [0.4, 0.5) is 0 Å². The summed E-state index contributed by atoms with van der Waals surface area (Å²) >= 11 is 0. The summed E-state index contributed by atoms with van der Waals surface area (Å²) < 4.78 is 0. The Morgan fingerprint density at radius 3 is 2.38 bits per heavy atom. The molecule has 2 nitrogen and oxygen atoms in total. The molecule has 2 fully saturated rings. The molecule has 2 heterocycles. The van der Waals surface area contributed by atoms with Crippen molar-refractivity contribution in [1.29, 1.82) is 0 Å². The first-order valence-corrected chi connectivity index (χ1v) is 7.13. The van der Waals surface area contributed by atoms with Gasteiger partial charge in [0, 0.05) is 6.04 Å². The maximum atomic E-state index is 3.50. The summed E-state index contributed by atoms with van der Waals surface area (Å²) in [6, 6.07) is 0.856. The van der Waals surface area contributed by atoms with E-state index in [1.807, 2.05) is 0 Å². The molecule has 0 aliphatic carbocycles. The van der Waals surface area contributed by atoms with Gasteiger partial charge in [-0.05, 0) is 63.2 Å². The minimum absolute atomic E-state index is 0.837. The molecule has 0 bridgehead atoms. The number of rotatable bonds is 2. The SMILES string of the molecule is CC(C)C1CCN(C2CCNCC2C)CC1. The van der Waals surface area contributed by atoms with E-state index in [2.05, 4.69) is 31.0 Å². The molecule has 0 aromatic rings. The van der Waals surface area contributed by atoms with E-state index >= 15 is 0 Å². The normalized spacial score (nSPS) is 34.5. The summed E-state index contributed by atoms with van der Waals surface area (Å²) in [6.07, 6.45) is 4.20. The van der Waals surface area contributed by atoms with Crippen molar-refractivity contribution in [2.24, 2.45) is 17.8 Å². The van der Waals surface area contributed by atoms with Crippen molar-refractivity contribution in [2.75, 3.05) is 26.2 Å². The molecule has 0 amide bonds. The molecule has 2 rings (SSSR count). The Kier molecular flexibility index (Phi) is 4.26. The maximum Gasteiger partial charge on any atom is 0.0145 e. The van der Waals surface area contributed by atoms with E-state index in [0.29, 0.717) is 0 Å². The van der Waals surface area contributed by atoms with Crippen molar-refractivity contribution in [1.82, 2.24) is 10.2 Å². The van der Waals surface area contributed by atoms with Crippen molar-refractivity contribution in [3.05, 3.63) is 0 Å². The highest BCUT2D eigenvalue weighted by Crippen LogP contribution is 2.28. The molecule has 0 aromatic heterocycles. The second kappa shape index (κ2) is 5.50. The van der Waals surface area contributed by atoms with Crippen LogP contribution in [0.5, 0.6) is 0 Å². The minimum Gasteiger partial charge on any atom is -0.316 e. The van der Waals surface area contributed by atoms with E-state index in [4.69, 9.17) is 0 Å². The van der Waals surface area contributed by atoms with Crippen LogP contribution in [-0.2, 0) is 0 Å². The quantitative estimate of drug-likeness (QED) is 0.774. The Labute approximate surface area is 101 Å². The summed E-state index contributed by atoms with van der Waals surface area (Å²) in [5, 5.41) is 3.50. The van der Waals surface area contributed by atoms with Crippen molar-refractivity contribution in [3.63, 3.8) is 0 Å². The average molecular weight is 224 g/mol. The first kappa shape index (κ1) is 12.4. The third-order valence-electron chi connectivity index (χ3n) is 4.73. The van der Waals surface area contributed by atoms with Gasteiger partial charge in [0.2, 0.25) is 0 Å². The van der Waals surface area contributed by atoms with E-state index in [1.54, 1.807) is 0 Å². The van der Waals surface area contributed by atoms with Crippen LogP contribution in [0.1, 0.15) is 40.0 Å². The predicted octanol–water partition coefficient (Wildman–Crippen LogP) is 2.35. The number of nitrogens with one attached hydrogen (secondary N) is 1. The molecule has 1 N–H and O–H groups in total. The molecule has 2 heteroatoms. The molecule has 2 unspecified atom stereocenters. The predicted molar refractivity (Wildman–Crippen MR) is 69.6 cm³/mol. The molecule has 2 atom stereocenters. The van der Waals surface area contributed by atoms with Gasteiger partial charge in [0.25, 0.3) is 0 Å². The van der Waals surface area contributed by atoms with Crippen LogP contribution >= 0.6 is 0 Å². The number of likely N-dealkylation sites (tertiary alicyclic amines) is 1. The standard InChI is InChI=1S/C14H28N2/c1-11(2)13-5-8-16(9-6-13)14-4-7-15-10-12(14)3/h11-15H,4-10H2,1-3H3. The van der Waals surface area contributed by atoms with Crippen LogP contribution in [0, 0.1) is 17.8 Å². The monoisotopic (exact) mass is 224 g/mol. The van der Waals surface area contributed by atoms with Gasteiger partial charge in [0.05, 0.1) is 0 Å². The van der Waals surface area contributed by atoms with Gasteiger partial charge in [-0.2, -0.15) is 0 Å². The van der Waals surface area contributed by atoms with E-state index in [-0.39, 0.29) is 0 Å². The third kappa shape index (κ3) is 2.78. The van der Waals surface area contributed by atoms with Crippen LogP contribution in [-0.4, -0.2) is 37.1 Å². The van der Waals surface area contributed by atoms with E-state index in [0.717, 1.165) is 23.8 Å². The molecule has 2 aliphatic heterocycles. The number of piperidine rings is 2. The highest BCUT2D eigenvalue weighted by atomic mass is 15.2. The van der Waals surface area contributed by atoms with E-state index in [9.17, 15) is 0 Å². The lowest BCUT2D eigenvalue weighted by atomic mass is 9.84. The second-order valence-corrected chi connectivity index (χ2v) is 6.15. The van der Waals surface area contributed by atoms with Gasteiger partial charge < -0.3 is 10.2 Å². The molecule has 0 radical (unpaired) electrons. The lowest BCUT2D eigenvalue weighted by Crippen LogP contribution is -2.51. The first-order valence-electron chi connectivity index (χ1n) is 7.13. The fraction of sp³-hybridized carbons (Fsp3) is 1.00. The summed E-state index contributed by atoms with van der Waals surface area (Å²) in [6.45, 7) is 12.3. The van der Waals surface area contributed by atoms with Gasteiger partial charge in [-0.1, -0.05) is 20.8 Å². The topological polar surface area (TPSA) is 15.3 Å². The van der Waals surface area contributed by atoms with Crippen molar-refractivity contribution in [3.8, 4) is 0 Å². The van der Waals surface area contributed by atoms with Crippen LogP contribution < -0.4 is 5.32 Å². The highest BCUT2D eigenvalue weighted by Gasteiger charge is 2.30. The number of hydrogen-bond acceptors (Lipinski definition) is 2. The Morgan fingerprint density at radius 2 is 1.81 bits per heavy atom. The fourth-order valence-corrected chi connectivity index (χ4v) is 3.46. The van der Waals surface area contributed by atoms with E-state index < -0.39 is 0 Å². The van der Waals surface area contributed by atoms with Crippen molar-refractivity contribution >= 4 is 0 Å². The summed E-state index contributed by atoms with van der Waals surface area (Å²) in [5.74, 6) is 2.70. The van der Waals surface area contributed by atoms with Crippen molar-refractivity contribution < 1.29 is 0 Å². The molecular weight excluding hydrogens is 196 g/mol. The number of hydrogen-bond donors (Lipinski definition) is 1. The molecule has 0 spiro atoms. The van der Waals surface area contributed by atoms with Crippen LogP contribution in [0.15, 0.2) is 0 Å². The van der Waals surface area contributed by atoms with E-state index in [1.165, 1.54) is 45.4 Å². The molecule has 2 aliphatic rings. The minimum atomic E-state index is 0.837. The third-order valence-corrected chi connectivity index (χ3v) is 4.73. The lowest BCUT2D eigenvalue weighted by molar-refractivity contribution is 0.0705. The van der Waals surface area contributed by atoms with Gasteiger partial charge in [0.1, 0.15) is 0 Å². The summed E-state index contributed by atoms with van der Waals surface area (Å²) in [4.78, 5) is 2.77. The zero-order chi connectivity index (χ0) is 11.5. The summed E-state index contributed by atoms with van der Waals surface area (Å²) in [7, 11) is 0. The second-order valence-electron chi connectivity index (χ2n) is 6.15. The van der Waals surface area contributed by atoms with Crippen LogP contribution in [0.2, 0.25) is 0 Å². The smallest absolute Gasteiger partial charge is 0.0145 e. The van der Waals surface area contributed by atoms with Gasteiger partial charge in [-0.3, -0.25) is 0 Å².